The summed E-state index contributed by atoms with van der Waals surface area (Å²) in [5.74, 6) is -2.50. The van der Waals surface area contributed by atoms with Gasteiger partial charge in [-0.3, -0.25) is 9.59 Å². The Morgan fingerprint density at radius 1 is 1.57 bits per heavy atom. The van der Waals surface area contributed by atoms with Gasteiger partial charge in [-0.1, -0.05) is 0 Å². The van der Waals surface area contributed by atoms with Gasteiger partial charge in [0, 0.05) is 20.6 Å². The second-order valence-electron chi connectivity index (χ2n) is 4.69. The van der Waals surface area contributed by atoms with E-state index >= 15 is 0 Å². The van der Waals surface area contributed by atoms with Crippen LogP contribution in [0.2, 0.25) is 0 Å². The number of imidazole rings is 1. The number of ether oxygens (including phenoxy) is 1. The van der Waals surface area contributed by atoms with Crippen LogP contribution in [-0.2, 0) is 26.2 Å². The van der Waals surface area contributed by atoms with Crippen LogP contribution >= 0.6 is 0 Å². The first-order chi connectivity index (χ1) is 10.9. The Balaban J connectivity index is 2.76. The number of carboxylic acid groups (broad SMARTS) is 1. The summed E-state index contributed by atoms with van der Waals surface area (Å²) < 4.78 is 6.67. The molecule has 10 nitrogen and oxygen atoms in total. The van der Waals surface area contributed by atoms with E-state index in [2.05, 4.69) is 15.1 Å². The van der Waals surface area contributed by atoms with Gasteiger partial charge >= 0.3 is 12.2 Å². The van der Waals surface area contributed by atoms with Gasteiger partial charge in [-0.15, -0.1) is 0 Å². The Kier molecular flexibility index (Phi) is 6.78. The van der Waals surface area contributed by atoms with Crippen molar-refractivity contribution in [1.82, 2.24) is 14.9 Å². The maximum Gasteiger partial charge on any atom is 0.326 e. The number of carbonyl (C=O) groups is 3. The van der Waals surface area contributed by atoms with Crippen molar-refractivity contribution >= 4 is 23.9 Å². The van der Waals surface area contributed by atoms with Gasteiger partial charge in [0.15, 0.2) is 6.10 Å². The van der Waals surface area contributed by atoms with Crippen LogP contribution in [-0.4, -0.2) is 56.5 Å². The lowest BCUT2D eigenvalue weighted by Crippen LogP contribution is -2.44. The number of nitrogens with zero attached hydrogens (tertiary/aromatic N) is 4. The molecule has 0 aliphatic rings. The largest absolute Gasteiger partial charge is 0.480 e. The average Bonchev–Trinajstić information content (AvgIpc) is 2.90. The first-order valence-corrected chi connectivity index (χ1v) is 6.63. The molecule has 2 atom stereocenters. The monoisotopic (exact) mass is 323 g/mol. The highest BCUT2D eigenvalue weighted by Crippen LogP contribution is 2.16. The number of nitrogens with one attached hydrogen (secondary N) is 1. The van der Waals surface area contributed by atoms with Crippen LogP contribution in [0.15, 0.2) is 12.5 Å². The Morgan fingerprint density at radius 2 is 2.26 bits per heavy atom. The number of rotatable bonds is 9. The molecule has 0 bridgehead atoms. The summed E-state index contributed by atoms with van der Waals surface area (Å²) in [5, 5.41) is 11.5. The van der Waals surface area contributed by atoms with Gasteiger partial charge in [-0.2, -0.15) is 4.79 Å². The number of aromatic nitrogens is 2. The molecule has 0 radical (unpaired) electrons. The van der Waals surface area contributed by atoms with Crippen LogP contribution in [0, 0.1) is 0 Å². The SMILES string of the molecule is COC(C(=O)NC(CCC(=O)C=[N+]=[N-])C(=O)O)c1cncn1C. The topological polar surface area (TPSA) is 147 Å². The van der Waals surface area contributed by atoms with E-state index in [1.54, 1.807) is 11.6 Å². The molecule has 0 spiro atoms. The molecule has 0 aliphatic heterocycles. The molecule has 1 aromatic heterocycles. The Morgan fingerprint density at radius 3 is 2.74 bits per heavy atom. The van der Waals surface area contributed by atoms with E-state index < -0.39 is 29.8 Å². The molecule has 1 aromatic rings. The summed E-state index contributed by atoms with van der Waals surface area (Å²) in [7, 11) is 2.98. The van der Waals surface area contributed by atoms with E-state index in [4.69, 9.17) is 15.4 Å². The van der Waals surface area contributed by atoms with Crippen molar-refractivity contribution in [2.24, 2.45) is 7.05 Å². The third-order valence-electron chi connectivity index (χ3n) is 3.09. The van der Waals surface area contributed by atoms with E-state index in [0.717, 1.165) is 0 Å². The fourth-order valence-electron chi connectivity index (χ4n) is 1.90. The Bertz CT molecular complexity index is 634. The van der Waals surface area contributed by atoms with Crippen LogP contribution in [0.5, 0.6) is 0 Å². The molecule has 2 unspecified atom stereocenters. The van der Waals surface area contributed by atoms with Crippen LogP contribution in [0.25, 0.3) is 5.53 Å². The summed E-state index contributed by atoms with van der Waals surface area (Å²) in [6.45, 7) is 0. The molecule has 1 heterocycles. The fraction of sp³-hybridized carbons (Fsp3) is 0.462. The molecule has 124 valence electrons. The number of ketones is 1. The smallest absolute Gasteiger partial charge is 0.326 e. The van der Waals surface area contributed by atoms with Crippen molar-refractivity contribution in [3.8, 4) is 0 Å². The zero-order chi connectivity index (χ0) is 17.4. The van der Waals surface area contributed by atoms with Crippen LogP contribution < -0.4 is 5.32 Å². The highest BCUT2D eigenvalue weighted by molar-refractivity contribution is 6.25. The van der Waals surface area contributed by atoms with Gasteiger partial charge in [-0.25, -0.2) is 9.78 Å². The molecule has 1 rings (SSSR count). The molecule has 0 saturated carbocycles. The quantitative estimate of drug-likeness (QED) is 0.350. The number of carbonyl (C=O) groups excluding carboxylic acids is 2. The number of Topliss-reactive ketones (excluding diaryl/α,β-unsaturated/α-hetero) is 1. The first kappa shape index (κ1) is 18.2. The second-order valence-corrected chi connectivity index (χ2v) is 4.69. The summed E-state index contributed by atoms with van der Waals surface area (Å²) in [6.07, 6.45) is 2.23. The van der Waals surface area contributed by atoms with E-state index in [0.29, 0.717) is 11.9 Å². The van der Waals surface area contributed by atoms with Gasteiger partial charge in [0.05, 0.1) is 18.2 Å². The molecule has 0 aromatic carbocycles. The summed E-state index contributed by atoms with van der Waals surface area (Å²) in [6, 6.07) is -1.27. The second kappa shape index (κ2) is 8.57. The van der Waals surface area contributed by atoms with E-state index in [1.165, 1.54) is 19.6 Å². The van der Waals surface area contributed by atoms with Crippen molar-refractivity contribution in [3.05, 3.63) is 23.7 Å². The van der Waals surface area contributed by atoms with Crippen molar-refractivity contribution in [3.63, 3.8) is 0 Å². The normalized spacial score (nSPS) is 12.8. The Hall–Kier alpha value is -2.84. The molecule has 0 fully saturated rings. The lowest BCUT2D eigenvalue weighted by molar-refractivity contribution is -0.144. The van der Waals surface area contributed by atoms with Gasteiger partial charge < -0.3 is 25.3 Å². The lowest BCUT2D eigenvalue weighted by atomic mass is 10.1. The summed E-state index contributed by atoms with van der Waals surface area (Å²) >= 11 is 0. The number of hydrogen-bond acceptors (Lipinski definition) is 5. The number of methoxy groups -OCH3 is 1. The molecular formula is C13H17N5O5. The fourth-order valence-corrected chi connectivity index (χ4v) is 1.90. The maximum absolute atomic E-state index is 12.2. The lowest BCUT2D eigenvalue weighted by Gasteiger charge is -2.19. The highest BCUT2D eigenvalue weighted by Gasteiger charge is 2.28. The maximum atomic E-state index is 12.2. The number of hydrogen-bond donors (Lipinski definition) is 2. The van der Waals surface area contributed by atoms with E-state index in [1.807, 2.05) is 0 Å². The molecule has 0 saturated heterocycles. The molecule has 23 heavy (non-hydrogen) atoms. The third-order valence-corrected chi connectivity index (χ3v) is 3.09. The van der Waals surface area contributed by atoms with Crippen molar-refractivity contribution in [1.29, 1.82) is 0 Å². The number of aliphatic carboxylic acids is 1. The average molecular weight is 323 g/mol. The Labute approximate surface area is 131 Å². The van der Waals surface area contributed by atoms with Crippen molar-refractivity contribution in [2.75, 3.05) is 7.11 Å². The zero-order valence-corrected chi connectivity index (χ0v) is 12.7. The minimum Gasteiger partial charge on any atom is -0.480 e. The van der Waals surface area contributed by atoms with Gasteiger partial charge in [-0.05, 0) is 6.42 Å². The van der Waals surface area contributed by atoms with Gasteiger partial charge in [0.25, 0.3) is 5.91 Å². The molecular weight excluding hydrogens is 306 g/mol. The third kappa shape index (κ3) is 5.13. The first-order valence-electron chi connectivity index (χ1n) is 6.63. The molecule has 2 N–H and O–H groups in total. The minimum atomic E-state index is -1.29. The summed E-state index contributed by atoms with van der Waals surface area (Å²) in [5.41, 5.74) is 8.69. The predicted octanol–water partition coefficient (Wildman–Crippen LogP) is -0.673. The van der Waals surface area contributed by atoms with Crippen molar-refractivity contribution in [2.45, 2.75) is 25.0 Å². The number of aryl methyl sites for hydroxylation is 1. The predicted molar refractivity (Wildman–Crippen MR) is 76.4 cm³/mol. The number of carboxylic acids is 1. The van der Waals surface area contributed by atoms with Gasteiger partial charge in [0.2, 0.25) is 5.78 Å². The number of amides is 1. The van der Waals surface area contributed by atoms with Crippen LogP contribution in [0.1, 0.15) is 24.6 Å². The van der Waals surface area contributed by atoms with Gasteiger partial charge in [0.1, 0.15) is 6.04 Å². The standard InChI is InChI=1S/C13H17N5O5/c1-18-7-15-6-10(18)11(23-2)12(20)17-9(13(21)22)4-3-8(19)5-16-14/h5-7,9,11H,3-4H2,1-2H3,(H,17,20)(H,21,22). The summed E-state index contributed by atoms with van der Waals surface area (Å²) in [4.78, 5) is 41.1. The zero-order valence-electron chi connectivity index (χ0n) is 12.7. The highest BCUT2D eigenvalue weighted by atomic mass is 16.5. The van der Waals surface area contributed by atoms with Crippen LogP contribution in [0.3, 0.4) is 0 Å². The van der Waals surface area contributed by atoms with E-state index in [-0.39, 0.29) is 12.8 Å². The molecule has 0 aliphatic carbocycles. The molecule has 1 amide bonds. The van der Waals surface area contributed by atoms with Crippen LogP contribution in [0.4, 0.5) is 0 Å². The van der Waals surface area contributed by atoms with E-state index in [9.17, 15) is 14.4 Å². The minimum absolute atomic E-state index is 0.145. The molecule has 10 heteroatoms. The van der Waals surface area contributed by atoms with Crippen molar-refractivity contribution < 1.29 is 29.0 Å².